The molecule has 0 atom stereocenters. The zero-order valence-electron chi connectivity index (χ0n) is 9.73. The molecule has 0 bridgehead atoms. The van der Waals surface area contributed by atoms with Gasteiger partial charge in [0.25, 0.3) is 5.91 Å². The van der Waals surface area contributed by atoms with Crippen LogP contribution in [-0.4, -0.2) is 16.1 Å². The molecule has 0 aliphatic heterocycles. The summed E-state index contributed by atoms with van der Waals surface area (Å²) >= 11 is 1.69. The number of anilines is 1. The van der Waals surface area contributed by atoms with E-state index in [1.165, 1.54) is 10.9 Å². The van der Waals surface area contributed by atoms with Gasteiger partial charge < -0.3 is 5.32 Å². The van der Waals surface area contributed by atoms with Gasteiger partial charge in [-0.25, -0.2) is 0 Å². The quantitative estimate of drug-likeness (QED) is 0.740. The Morgan fingerprint density at radius 2 is 2.28 bits per heavy atom. The van der Waals surface area contributed by atoms with E-state index < -0.39 is 0 Å². The predicted molar refractivity (Wildman–Crippen MR) is 73.1 cm³/mol. The fraction of sp³-hybridized carbons (Fsp3) is 0.0769. The molecule has 1 amide bonds. The number of nitrogens with zero attached hydrogens (tertiary/aromatic N) is 1. The number of benzene rings is 1. The van der Waals surface area contributed by atoms with E-state index in [9.17, 15) is 4.79 Å². The SMILES string of the molecule is Cc1[nH]ncc1C(=O)Nc1ccc2sccc2c1. The molecule has 3 aromatic rings. The normalized spacial score (nSPS) is 10.7. The lowest BCUT2D eigenvalue weighted by molar-refractivity contribution is 0.102. The van der Waals surface area contributed by atoms with Gasteiger partial charge >= 0.3 is 0 Å². The third-order valence-corrected chi connectivity index (χ3v) is 3.68. The summed E-state index contributed by atoms with van der Waals surface area (Å²) in [6.45, 7) is 1.82. The van der Waals surface area contributed by atoms with E-state index >= 15 is 0 Å². The van der Waals surface area contributed by atoms with Gasteiger partial charge in [0.1, 0.15) is 0 Å². The van der Waals surface area contributed by atoms with Crippen LogP contribution in [0.25, 0.3) is 10.1 Å². The lowest BCUT2D eigenvalue weighted by Gasteiger charge is -2.04. The van der Waals surface area contributed by atoms with Crippen LogP contribution in [-0.2, 0) is 0 Å². The Morgan fingerprint density at radius 3 is 3.06 bits per heavy atom. The second kappa shape index (κ2) is 4.27. The topological polar surface area (TPSA) is 57.8 Å². The van der Waals surface area contributed by atoms with E-state index in [0.717, 1.165) is 16.8 Å². The van der Waals surface area contributed by atoms with Crippen molar-refractivity contribution in [2.45, 2.75) is 6.92 Å². The monoisotopic (exact) mass is 257 g/mol. The summed E-state index contributed by atoms with van der Waals surface area (Å²) in [5.41, 5.74) is 2.14. The van der Waals surface area contributed by atoms with Gasteiger partial charge in [-0.2, -0.15) is 5.10 Å². The molecular weight excluding hydrogens is 246 g/mol. The number of amides is 1. The Kier molecular flexibility index (Phi) is 2.60. The van der Waals surface area contributed by atoms with E-state index in [1.807, 2.05) is 36.6 Å². The maximum absolute atomic E-state index is 12.0. The van der Waals surface area contributed by atoms with Crippen LogP contribution in [0.4, 0.5) is 5.69 Å². The van der Waals surface area contributed by atoms with Crippen molar-refractivity contribution in [1.29, 1.82) is 0 Å². The number of aryl methyl sites for hydroxylation is 1. The largest absolute Gasteiger partial charge is 0.322 e. The van der Waals surface area contributed by atoms with Gasteiger partial charge in [0.05, 0.1) is 11.8 Å². The third kappa shape index (κ3) is 1.89. The number of fused-ring (bicyclic) bond motifs is 1. The standard InChI is InChI=1S/C13H11N3OS/c1-8-11(7-14-16-8)13(17)15-10-2-3-12-9(6-10)4-5-18-12/h2-7H,1H3,(H,14,16)(H,15,17). The Hall–Kier alpha value is -2.14. The molecule has 4 nitrogen and oxygen atoms in total. The molecule has 2 aromatic heterocycles. The minimum absolute atomic E-state index is 0.143. The fourth-order valence-corrected chi connectivity index (χ4v) is 2.59. The summed E-state index contributed by atoms with van der Waals surface area (Å²) in [5, 5.41) is 12.6. The van der Waals surface area contributed by atoms with Crippen molar-refractivity contribution in [3.05, 3.63) is 47.1 Å². The van der Waals surface area contributed by atoms with Crippen LogP contribution in [0.2, 0.25) is 0 Å². The van der Waals surface area contributed by atoms with Crippen LogP contribution in [0.15, 0.2) is 35.8 Å². The van der Waals surface area contributed by atoms with Crippen LogP contribution in [0, 0.1) is 6.92 Å². The highest BCUT2D eigenvalue weighted by Gasteiger charge is 2.11. The first kappa shape index (κ1) is 11.0. The number of nitrogens with one attached hydrogen (secondary N) is 2. The average molecular weight is 257 g/mol. The van der Waals surface area contributed by atoms with Crippen LogP contribution >= 0.6 is 11.3 Å². The molecule has 5 heteroatoms. The first-order valence-corrected chi connectivity index (χ1v) is 6.40. The highest BCUT2D eigenvalue weighted by atomic mass is 32.1. The van der Waals surface area contributed by atoms with Gasteiger partial charge in [-0.3, -0.25) is 9.89 Å². The smallest absolute Gasteiger partial charge is 0.259 e. The Labute approximate surface area is 108 Å². The van der Waals surface area contributed by atoms with Gasteiger partial charge in [-0.1, -0.05) is 0 Å². The molecular formula is C13H11N3OS. The summed E-state index contributed by atoms with van der Waals surface area (Å²) in [5.74, 6) is -0.143. The number of aromatic amines is 1. The van der Waals surface area contributed by atoms with E-state index in [1.54, 1.807) is 11.3 Å². The predicted octanol–water partition coefficient (Wildman–Crippen LogP) is 3.19. The Morgan fingerprint density at radius 1 is 1.39 bits per heavy atom. The average Bonchev–Trinajstić information content (AvgIpc) is 2.96. The van der Waals surface area contributed by atoms with Crippen molar-refractivity contribution >= 4 is 33.0 Å². The molecule has 18 heavy (non-hydrogen) atoms. The molecule has 0 aliphatic rings. The summed E-state index contributed by atoms with van der Waals surface area (Å²) in [4.78, 5) is 12.0. The minimum atomic E-state index is -0.143. The molecule has 0 saturated heterocycles. The number of carbonyl (C=O) groups excluding carboxylic acids is 1. The second-order valence-electron chi connectivity index (χ2n) is 4.04. The molecule has 2 heterocycles. The summed E-state index contributed by atoms with van der Waals surface area (Å²) < 4.78 is 1.22. The number of aromatic nitrogens is 2. The van der Waals surface area contributed by atoms with Gasteiger partial charge in [-0.05, 0) is 42.0 Å². The fourth-order valence-electron chi connectivity index (χ4n) is 1.82. The lowest BCUT2D eigenvalue weighted by Crippen LogP contribution is -2.12. The summed E-state index contributed by atoms with van der Waals surface area (Å²) in [6.07, 6.45) is 1.54. The first-order valence-electron chi connectivity index (χ1n) is 5.52. The molecule has 0 unspecified atom stereocenters. The molecule has 3 rings (SSSR count). The molecule has 0 radical (unpaired) electrons. The minimum Gasteiger partial charge on any atom is -0.322 e. The number of thiophene rings is 1. The van der Waals surface area contributed by atoms with Crippen molar-refractivity contribution in [3.63, 3.8) is 0 Å². The molecule has 1 aromatic carbocycles. The Balaban J connectivity index is 1.88. The van der Waals surface area contributed by atoms with E-state index in [-0.39, 0.29) is 5.91 Å². The summed E-state index contributed by atoms with van der Waals surface area (Å²) in [6, 6.07) is 7.93. The molecule has 2 N–H and O–H groups in total. The van der Waals surface area contributed by atoms with Crippen LogP contribution in [0.3, 0.4) is 0 Å². The van der Waals surface area contributed by atoms with Gasteiger partial charge in [-0.15, -0.1) is 11.3 Å². The number of carbonyl (C=O) groups is 1. The van der Waals surface area contributed by atoms with Crippen molar-refractivity contribution in [3.8, 4) is 0 Å². The van der Waals surface area contributed by atoms with Crippen LogP contribution in [0.5, 0.6) is 0 Å². The van der Waals surface area contributed by atoms with Gasteiger partial charge in [0.15, 0.2) is 0 Å². The number of rotatable bonds is 2. The van der Waals surface area contributed by atoms with Crippen molar-refractivity contribution < 1.29 is 4.79 Å². The molecule has 90 valence electrons. The highest BCUT2D eigenvalue weighted by Crippen LogP contribution is 2.24. The number of hydrogen-bond acceptors (Lipinski definition) is 3. The highest BCUT2D eigenvalue weighted by molar-refractivity contribution is 7.17. The van der Waals surface area contributed by atoms with E-state index in [4.69, 9.17) is 0 Å². The van der Waals surface area contributed by atoms with Crippen LogP contribution in [0.1, 0.15) is 16.1 Å². The van der Waals surface area contributed by atoms with Crippen LogP contribution < -0.4 is 5.32 Å². The molecule has 0 spiro atoms. The maximum Gasteiger partial charge on any atom is 0.259 e. The van der Waals surface area contributed by atoms with E-state index in [0.29, 0.717) is 5.56 Å². The summed E-state index contributed by atoms with van der Waals surface area (Å²) in [7, 11) is 0. The van der Waals surface area contributed by atoms with Crippen molar-refractivity contribution in [1.82, 2.24) is 10.2 Å². The van der Waals surface area contributed by atoms with Crippen molar-refractivity contribution in [2.24, 2.45) is 0 Å². The third-order valence-electron chi connectivity index (χ3n) is 2.78. The molecule has 0 saturated carbocycles. The zero-order valence-corrected chi connectivity index (χ0v) is 10.5. The second-order valence-corrected chi connectivity index (χ2v) is 4.98. The molecule has 0 aliphatic carbocycles. The molecule has 0 fully saturated rings. The zero-order chi connectivity index (χ0) is 12.5. The Bertz CT molecular complexity index is 714. The lowest BCUT2D eigenvalue weighted by atomic mass is 10.2. The number of H-pyrrole nitrogens is 1. The van der Waals surface area contributed by atoms with E-state index in [2.05, 4.69) is 15.5 Å². The first-order chi connectivity index (χ1) is 8.74. The number of hydrogen-bond donors (Lipinski definition) is 2. The van der Waals surface area contributed by atoms with Gasteiger partial charge in [0, 0.05) is 16.1 Å². The van der Waals surface area contributed by atoms with Crippen molar-refractivity contribution in [2.75, 3.05) is 5.32 Å². The van der Waals surface area contributed by atoms with Gasteiger partial charge in [0.2, 0.25) is 0 Å². The maximum atomic E-state index is 12.0.